The molecule has 4 nitrogen and oxygen atoms in total. The van der Waals surface area contributed by atoms with Gasteiger partial charge < -0.3 is 10.1 Å². The van der Waals surface area contributed by atoms with Crippen LogP contribution in [-0.4, -0.2) is 42.7 Å². The minimum absolute atomic E-state index is 0.753. The molecule has 0 radical (unpaired) electrons. The maximum Gasteiger partial charge on any atom is 0.107 e. The van der Waals surface area contributed by atoms with E-state index in [1.54, 1.807) is 0 Å². The number of thiazole rings is 1. The highest BCUT2D eigenvalue weighted by atomic mass is 32.1. The quantitative estimate of drug-likeness (QED) is 0.784. The molecule has 2 fully saturated rings. The number of nitrogens with zero attached hydrogens (tertiary/aromatic N) is 2. The van der Waals surface area contributed by atoms with Crippen LogP contribution in [0.25, 0.3) is 0 Å². The summed E-state index contributed by atoms with van der Waals surface area (Å²) in [6.45, 7) is 9.13. The summed E-state index contributed by atoms with van der Waals surface area (Å²) in [4.78, 5) is 8.88. The van der Waals surface area contributed by atoms with Gasteiger partial charge in [-0.05, 0) is 25.8 Å². The molecule has 0 bridgehead atoms. The van der Waals surface area contributed by atoms with E-state index in [-0.39, 0.29) is 0 Å². The van der Waals surface area contributed by atoms with Gasteiger partial charge in [-0.2, -0.15) is 0 Å². The lowest BCUT2D eigenvalue weighted by Crippen LogP contribution is -2.35. The fourth-order valence-electron chi connectivity index (χ4n) is 2.61. The van der Waals surface area contributed by atoms with Gasteiger partial charge in [0.05, 0.1) is 25.5 Å². The summed E-state index contributed by atoms with van der Waals surface area (Å²) in [7, 11) is 0. The first-order valence-electron chi connectivity index (χ1n) is 7.86. The van der Waals surface area contributed by atoms with Gasteiger partial charge in [-0.25, -0.2) is 4.98 Å². The van der Waals surface area contributed by atoms with Crippen molar-refractivity contribution < 1.29 is 4.74 Å². The molecule has 0 unspecified atom stereocenters. The monoisotopic (exact) mass is 295 g/mol. The summed E-state index contributed by atoms with van der Waals surface area (Å²) in [6.07, 6.45) is 3.86. The molecule has 0 aromatic carbocycles. The van der Waals surface area contributed by atoms with Crippen LogP contribution in [-0.2, 0) is 17.8 Å². The summed E-state index contributed by atoms with van der Waals surface area (Å²) in [5.74, 6) is 0.753. The topological polar surface area (TPSA) is 37.4 Å². The number of hydrogen-bond donors (Lipinski definition) is 1. The van der Waals surface area contributed by atoms with Crippen molar-refractivity contribution in [3.05, 3.63) is 15.6 Å². The van der Waals surface area contributed by atoms with Crippen molar-refractivity contribution in [2.75, 3.05) is 32.8 Å². The van der Waals surface area contributed by atoms with Gasteiger partial charge in [-0.15, -0.1) is 11.3 Å². The molecule has 1 aromatic rings. The highest BCUT2D eigenvalue weighted by Gasteiger charge is 2.29. The lowest BCUT2D eigenvalue weighted by Gasteiger charge is -2.25. The van der Waals surface area contributed by atoms with Crippen LogP contribution in [0.1, 0.15) is 47.7 Å². The Morgan fingerprint density at radius 2 is 2.15 bits per heavy atom. The molecule has 1 aliphatic heterocycles. The standard InChI is InChI=1S/C15H25N3OS/c1-2-5-16-10-13-15(12-3-4-12)17-14(20-13)11-18-6-8-19-9-7-18/h12,16H,2-11H2,1H3. The summed E-state index contributed by atoms with van der Waals surface area (Å²) < 4.78 is 5.41. The summed E-state index contributed by atoms with van der Waals surface area (Å²) >= 11 is 1.92. The zero-order valence-corrected chi connectivity index (χ0v) is 13.2. The number of morpholine rings is 1. The van der Waals surface area contributed by atoms with Crippen molar-refractivity contribution in [3.63, 3.8) is 0 Å². The van der Waals surface area contributed by atoms with Crippen LogP contribution < -0.4 is 5.32 Å². The zero-order chi connectivity index (χ0) is 13.8. The normalized spacial score (nSPS) is 20.4. The average molecular weight is 295 g/mol. The molecule has 1 aliphatic carbocycles. The van der Waals surface area contributed by atoms with Gasteiger partial charge >= 0.3 is 0 Å². The first-order chi connectivity index (χ1) is 9.86. The lowest BCUT2D eigenvalue weighted by atomic mass is 10.2. The first kappa shape index (κ1) is 14.4. The summed E-state index contributed by atoms with van der Waals surface area (Å²) in [6, 6.07) is 0. The van der Waals surface area contributed by atoms with Crippen molar-refractivity contribution in [2.45, 2.75) is 45.2 Å². The van der Waals surface area contributed by atoms with E-state index >= 15 is 0 Å². The average Bonchev–Trinajstić information content (AvgIpc) is 3.23. The molecule has 3 rings (SSSR count). The van der Waals surface area contributed by atoms with Crippen molar-refractivity contribution in [1.29, 1.82) is 0 Å². The molecule has 1 saturated heterocycles. The minimum atomic E-state index is 0.753. The Hall–Kier alpha value is -0.490. The summed E-state index contributed by atoms with van der Waals surface area (Å²) in [5, 5.41) is 4.82. The number of nitrogens with one attached hydrogen (secondary N) is 1. The van der Waals surface area contributed by atoms with E-state index in [1.807, 2.05) is 11.3 Å². The number of rotatable bonds is 7. The first-order valence-corrected chi connectivity index (χ1v) is 8.67. The SMILES string of the molecule is CCCNCc1sc(CN2CCOCC2)nc1C1CC1. The second-order valence-electron chi connectivity index (χ2n) is 5.76. The molecule has 2 heterocycles. The van der Waals surface area contributed by atoms with E-state index in [9.17, 15) is 0 Å². The Morgan fingerprint density at radius 3 is 2.85 bits per heavy atom. The van der Waals surface area contributed by atoms with Crippen LogP contribution >= 0.6 is 11.3 Å². The largest absolute Gasteiger partial charge is 0.379 e. The predicted octanol–water partition coefficient (Wildman–Crippen LogP) is 2.35. The van der Waals surface area contributed by atoms with Gasteiger partial charge in [0.25, 0.3) is 0 Å². The van der Waals surface area contributed by atoms with Crippen molar-refractivity contribution in [3.8, 4) is 0 Å². The van der Waals surface area contributed by atoms with Crippen molar-refractivity contribution >= 4 is 11.3 Å². The van der Waals surface area contributed by atoms with E-state index in [2.05, 4.69) is 17.1 Å². The lowest BCUT2D eigenvalue weighted by molar-refractivity contribution is 0.0341. The van der Waals surface area contributed by atoms with Gasteiger partial charge in [0.2, 0.25) is 0 Å². The van der Waals surface area contributed by atoms with Crippen LogP contribution in [0.2, 0.25) is 0 Å². The second-order valence-corrected chi connectivity index (χ2v) is 6.92. The van der Waals surface area contributed by atoms with E-state index in [1.165, 1.54) is 34.8 Å². The van der Waals surface area contributed by atoms with Gasteiger partial charge in [0.1, 0.15) is 5.01 Å². The third-order valence-electron chi connectivity index (χ3n) is 3.91. The number of ether oxygens (including phenoxy) is 1. The third-order valence-corrected chi connectivity index (χ3v) is 4.97. The van der Waals surface area contributed by atoms with Crippen molar-refractivity contribution in [1.82, 2.24) is 15.2 Å². The van der Waals surface area contributed by atoms with Gasteiger partial charge in [0, 0.05) is 30.4 Å². The van der Waals surface area contributed by atoms with E-state index < -0.39 is 0 Å². The fraction of sp³-hybridized carbons (Fsp3) is 0.800. The highest BCUT2D eigenvalue weighted by molar-refractivity contribution is 7.11. The molecule has 1 saturated carbocycles. The predicted molar refractivity (Wildman–Crippen MR) is 82.2 cm³/mol. The molecule has 0 spiro atoms. The molecular weight excluding hydrogens is 270 g/mol. The third kappa shape index (κ3) is 3.79. The molecule has 0 amide bonds. The van der Waals surface area contributed by atoms with E-state index in [4.69, 9.17) is 9.72 Å². The van der Waals surface area contributed by atoms with Crippen molar-refractivity contribution in [2.24, 2.45) is 0 Å². The molecule has 112 valence electrons. The number of hydrogen-bond acceptors (Lipinski definition) is 5. The van der Waals surface area contributed by atoms with Crippen LogP contribution in [0.4, 0.5) is 0 Å². The Labute approximate surface area is 125 Å². The Bertz CT molecular complexity index is 425. The van der Waals surface area contributed by atoms with Crippen LogP contribution in [0.5, 0.6) is 0 Å². The van der Waals surface area contributed by atoms with Crippen LogP contribution in [0, 0.1) is 0 Å². The minimum Gasteiger partial charge on any atom is -0.379 e. The number of aromatic nitrogens is 1. The molecule has 0 atom stereocenters. The zero-order valence-electron chi connectivity index (χ0n) is 12.4. The summed E-state index contributed by atoms with van der Waals surface area (Å²) in [5.41, 5.74) is 1.39. The maximum absolute atomic E-state index is 5.41. The van der Waals surface area contributed by atoms with Crippen LogP contribution in [0.3, 0.4) is 0 Å². The molecule has 20 heavy (non-hydrogen) atoms. The van der Waals surface area contributed by atoms with Gasteiger partial charge in [-0.1, -0.05) is 6.92 Å². The molecule has 2 aliphatic rings. The fourth-order valence-corrected chi connectivity index (χ4v) is 3.78. The molecule has 1 N–H and O–H groups in total. The highest BCUT2D eigenvalue weighted by Crippen LogP contribution is 2.42. The molecular formula is C15H25N3OS. The van der Waals surface area contributed by atoms with Gasteiger partial charge in [-0.3, -0.25) is 4.90 Å². The Balaban J connectivity index is 1.63. The van der Waals surface area contributed by atoms with Crippen LogP contribution in [0.15, 0.2) is 0 Å². The maximum atomic E-state index is 5.41. The molecule has 1 aromatic heterocycles. The Kier molecular flexibility index (Phi) is 5.04. The smallest absolute Gasteiger partial charge is 0.107 e. The van der Waals surface area contributed by atoms with E-state index in [0.29, 0.717) is 0 Å². The second kappa shape index (κ2) is 6.98. The van der Waals surface area contributed by atoms with E-state index in [0.717, 1.165) is 51.9 Å². The molecule has 5 heteroatoms. The Morgan fingerprint density at radius 1 is 1.35 bits per heavy atom. The van der Waals surface area contributed by atoms with Gasteiger partial charge in [0.15, 0.2) is 0 Å².